The van der Waals surface area contributed by atoms with Gasteiger partial charge < -0.3 is 10.2 Å². The largest absolute Gasteiger partial charge is 0.508 e. The number of aromatic carboxylic acids is 1. The Labute approximate surface area is 184 Å². The highest BCUT2D eigenvalue weighted by Gasteiger charge is 2.19. The minimum absolute atomic E-state index is 0.0322. The summed E-state index contributed by atoms with van der Waals surface area (Å²) in [4.78, 5) is 21.1. The van der Waals surface area contributed by atoms with Crippen LogP contribution in [-0.4, -0.2) is 35.9 Å². The highest BCUT2D eigenvalue weighted by Crippen LogP contribution is 2.34. The average molecular weight is 447 g/mol. The topological polar surface area (TPSA) is 101 Å². The lowest BCUT2D eigenvalue weighted by Gasteiger charge is -2.03. The molecule has 9 heteroatoms. The van der Waals surface area contributed by atoms with E-state index in [0.717, 1.165) is 21.5 Å². The van der Waals surface area contributed by atoms with E-state index in [1.807, 2.05) is 48.5 Å². The monoisotopic (exact) mass is 446 g/mol. The first-order valence-electron chi connectivity index (χ1n) is 9.20. The zero-order valence-electron chi connectivity index (χ0n) is 15.8. The van der Waals surface area contributed by atoms with Crippen molar-refractivity contribution in [1.82, 2.24) is 19.7 Å². The van der Waals surface area contributed by atoms with E-state index in [9.17, 15) is 15.0 Å². The zero-order valence-corrected chi connectivity index (χ0v) is 17.5. The van der Waals surface area contributed by atoms with E-state index in [0.29, 0.717) is 15.8 Å². The van der Waals surface area contributed by atoms with Gasteiger partial charge in [-0.15, -0.1) is 11.3 Å². The van der Waals surface area contributed by atoms with Crippen LogP contribution in [0.5, 0.6) is 5.75 Å². The van der Waals surface area contributed by atoms with Gasteiger partial charge in [-0.25, -0.2) is 14.8 Å². The van der Waals surface area contributed by atoms with Gasteiger partial charge in [0.1, 0.15) is 16.5 Å². The van der Waals surface area contributed by atoms with Crippen LogP contribution < -0.4 is 0 Å². The molecular formula is C22H14N4O3S2. The number of nitrogens with zero attached hydrogens (tertiary/aromatic N) is 4. The summed E-state index contributed by atoms with van der Waals surface area (Å²) in [5.41, 5.74) is 2.21. The van der Waals surface area contributed by atoms with Gasteiger partial charge in [0.15, 0.2) is 11.3 Å². The Kier molecular flexibility index (Phi) is 4.89. The first-order chi connectivity index (χ1) is 15.1. The number of hydrogen-bond acceptors (Lipinski definition) is 7. The molecule has 0 aliphatic rings. The minimum atomic E-state index is -1.09. The second-order valence-corrected chi connectivity index (χ2v) is 8.50. The Morgan fingerprint density at radius 1 is 1.00 bits per heavy atom. The molecule has 0 aliphatic carbocycles. The number of thiazole rings is 1. The normalized spacial score (nSPS) is 11.1. The summed E-state index contributed by atoms with van der Waals surface area (Å²) in [5, 5.41) is 27.2. The van der Waals surface area contributed by atoms with Crippen molar-refractivity contribution >= 4 is 40.1 Å². The van der Waals surface area contributed by atoms with E-state index in [1.54, 1.807) is 22.9 Å². The van der Waals surface area contributed by atoms with Crippen molar-refractivity contribution in [3.05, 3.63) is 77.8 Å². The van der Waals surface area contributed by atoms with Crippen LogP contribution in [0.3, 0.4) is 0 Å². The third-order valence-electron chi connectivity index (χ3n) is 4.48. The van der Waals surface area contributed by atoms with Crippen LogP contribution in [0.2, 0.25) is 0 Å². The van der Waals surface area contributed by atoms with Crippen molar-refractivity contribution < 1.29 is 15.0 Å². The van der Waals surface area contributed by atoms with Gasteiger partial charge in [0.2, 0.25) is 5.13 Å². The standard InChI is InChI=1S/C22H14N4O3S2/c27-14-7-4-8-15(11-14)31-18-10-9-16-19(13-5-2-1-3-6-13)25-26(20(16)24-18)22-23-17(12-30-22)21(28)29/h1-12,27H,(H,28,29). The van der Waals surface area contributed by atoms with Gasteiger partial charge in [-0.05, 0) is 30.3 Å². The summed E-state index contributed by atoms with van der Waals surface area (Å²) in [5.74, 6) is -0.901. The minimum Gasteiger partial charge on any atom is -0.508 e. The number of carboxylic acids is 1. The van der Waals surface area contributed by atoms with Gasteiger partial charge in [-0.2, -0.15) is 9.78 Å². The maximum atomic E-state index is 11.3. The third-order valence-corrected chi connectivity index (χ3v) is 6.23. The molecule has 0 amide bonds. The van der Waals surface area contributed by atoms with E-state index in [-0.39, 0.29) is 11.4 Å². The summed E-state index contributed by atoms with van der Waals surface area (Å²) in [7, 11) is 0. The van der Waals surface area contributed by atoms with Gasteiger partial charge in [0.25, 0.3) is 0 Å². The lowest BCUT2D eigenvalue weighted by molar-refractivity contribution is 0.0691. The smallest absolute Gasteiger partial charge is 0.355 e. The van der Waals surface area contributed by atoms with Gasteiger partial charge in [0.05, 0.1) is 0 Å². The molecular weight excluding hydrogens is 432 g/mol. The maximum absolute atomic E-state index is 11.3. The summed E-state index contributed by atoms with van der Waals surface area (Å²) >= 11 is 2.61. The molecule has 0 aliphatic heterocycles. The quantitative estimate of drug-likeness (QED) is 0.387. The van der Waals surface area contributed by atoms with Gasteiger partial charge in [0, 0.05) is 21.2 Å². The Morgan fingerprint density at radius 2 is 1.84 bits per heavy atom. The average Bonchev–Trinajstić information content (AvgIpc) is 3.39. The van der Waals surface area contributed by atoms with Crippen molar-refractivity contribution in [2.75, 3.05) is 0 Å². The van der Waals surface area contributed by atoms with Crippen LogP contribution in [0, 0.1) is 0 Å². The van der Waals surface area contributed by atoms with Crippen LogP contribution >= 0.6 is 23.1 Å². The zero-order chi connectivity index (χ0) is 21.4. The molecule has 3 heterocycles. The van der Waals surface area contributed by atoms with Crippen LogP contribution in [0.25, 0.3) is 27.4 Å². The number of carboxylic acid groups (broad SMARTS) is 1. The molecule has 0 spiro atoms. The van der Waals surface area contributed by atoms with E-state index >= 15 is 0 Å². The van der Waals surface area contributed by atoms with E-state index < -0.39 is 5.97 Å². The van der Waals surface area contributed by atoms with E-state index in [1.165, 1.54) is 28.5 Å². The van der Waals surface area contributed by atoms with Crippen LogP contribution in [0.1, 0.15) is 10.5 Å². The highest BCUT2D eigenvalue weighted by molar-refractivity contribution is 7.99. The SMILES string of the molecule is O=C(O)c1csc(-n2nc(-c3ccccc3)c3ccc(Sc4cccc(O)c4)nc32)n1. The summed E-state index contributed by atoms with van der Waals surface area (Å²) in [6.45, 7) is 0. The fourth-order valence-electron chi connectivity index (χ4n) is 3.11. The Balaban J connectivity index is 1.66. The van der Waals surface area contributed by atoms with Crippen molar-refractivity contribution in [3.63, 3.8) is 0 Å². The Hall–Kier alpha value is -3.69. The number of aromatic nitrogens is 4. The van der Waals surface area contributed by atoms with E-state index in [2.05, 4.69) is 4.98 Å². The molecule has 3 aromatic heterocycles. The fourth-order valence-corrected chi connectivity index (χ4v) is 4.69. The number of phenolic OH excluding ortho intramolecular Hbond substituents is 1. The first-order valence-corrected chi connectivity index (χ1v) is 10.9. The van der Waals surface area contributed by atoms with Gasteiger partial charge >= 0.3 is 5.97 Å². The van der Waals surface area contributed by atoms with Crippen molar-refractivity contribution in [1.29, 1.82) is 0 Å². The number of aromatic hydroxyl groups is 1. The number of benzene rings is 2. The predicted molar refractivity (Wildman–Crippen MR) is 119 cm³/mol. The molecule has 0 saturated carbocycles. The molecule has 2 N–H and O–H groups in total. The molecule has 0 saturated heterocycles. The highest BCUT2D eigenvalue weighted by atomic mass is 32.2. The Morgan fingerprint density at radius 3 is 2.58 bits per heavy atom. The molecule has 0 fully saturated rings. The second kappa shape index (κ2) is 7.86. The van der Waals surface area contributed by atoms with Crippen LogP contribution in [0.4, 0.5) is 0 Å². The number of fused-ring (bicyclic) bond motifs is 1. The number of hydrogen-bond donors (Lipinski definition) is 2. The lowest BCUT2D eigenvalue weighted by atomic mass is 10.1. The molecule has 5 aromatic rings. The molecule has 7 nitrogen and oxygen atoms in total. The number of pyridine rings is 1. The van der Waals surface area contributed by atoms with Crippen LogP contribution in [-0.2, 0) is 0 Å². The number of phenols is 1. The number of carbonyl (C=O) groups is 1. The van der Waals surface area contributed by atoms with Crippen molar-refractivity contribution in [2.24, 2.45) is 0 Å². The van der Waals surface area contributed by atoms with Gasteiger partial charge in [-0.1, -0.05) is 48.2 Å². The molecule has 0 radical (unpaired) electrons. The second-order valence-electron chi connectivity index (χ2n) is 6.57. The van der Waals surface area contributed by atoms with Crippen molar-refractivity contribution in [3.8, 4) is 22.1 Å². The predicted octanol–water partition coefficient (Wildman–Crippen LogP) is 5.10. The number of rotatable bonds is 5. The van der Waals surface area contributed by atoms with Gasteiger partial charge in [-0.3, -0.25) is 0 Å². The van der Waals surface area contributed by atoms with E-state index in [4.69, 9.17) is 10.1 Å². The summed E-state index contributed by atoms with van der Waals surface area (Å²) in [6, 6.07) is 20.5. The summed E-state index contributed by atoms with van der Waals surface area (Å²) in [6.07, 6.45) is 0. The molecule has 5 rings (SSSR count). The molecule has 31 heavy (non-hydrogen) atoms. The van der Waals surface area contributed by atoms with Crippen molar-refractivity contribution in [2.45, 2.75) is 9.92 Å². The third kappa shape index (κ3) is 3.76. The first kappa shape index (κ1) is 19.3. The van der Waals surface area contributed by atoms with Crippen LogP contribution in [0.15, 0.2) is 82.0 Å². The lowest BCUT2D eigenvalue weighted by Crippen LogP contribution is -2.01. The fraction of sp³-hybridized carbons (Fsp3) is 0. The molecule has 2 aromatic carbocycles. The molecule has 0 atom stereocenters. The summed E-state index contributed by atoms with van der Waals surface area (Å²) < 4.78 is 1.58. The Bertz CT molecular complexity index is 1410. The molecule has 0 unspecified atom stereocenters. The maximum Gasteiger partial charge on any atom is 0.355 e. The molecule has 0 bridgehead atoms. The molecule has 152 valence electrons.